The molecule has 0 radical (unpaired) electrons. The van der Waals surface area contributed by atoms with Gasteiger partial charge in [0.05, 0.1) is 19.8 Å². The average molecular weight is 226 g/mol. The van der Waals surface area contributed by atoms with Crippen molar-refractivity contribution in [2.45, 2.75) is 13.0 Å². The highest BCUT2D eigenvalue weighted by atomic mass is 16.5. The number of guanidine groups is 1. The zero-order valence-corrected chi connectivity index (χ0v) is 9.53. The van der Waals surface area contributed by atoms with E-state index in [0.717, 1.165) is 19.0 Å². The summed E-state index contributed by atoms with van der Waals surface area (Å²) in [6, 6.07) is -0.234. The van der Waals surface area contributed by atoms with Crippen LogP contribution in [-0.2, 0) is 9.53 Å². The second kappa shape index (κ2) is 5.16. The van der Waals surface area contributed by atoms with Crippen LogP contribution >= 0.6 is 0 Å². The summed E-state index contributed by atoms with van der Waals surface area (Å²) in [6.07, 6.45) is 0. The van der Waals surface area contributed by atoms with Crippen LogP contribution in [0.1, 0.15) is 6.92 Å². The number of carbonyl (C=O) groups is 1. The summed E-state index contributed by atoms with van der Waals surface area (Å²) in [6.45, 7) is 6.13. The highest BCUT2D eigenvalue weighted by molar-refractivity contribution is 5.89. The van der Waals surface area contributed by atoms with E-state index >= 15 is 0 Å². The normalized spacial score (nSPS) is 22.3. The highest BCUT2D eigenvalue weighted by Gasteiger charge is 2.23. The quantitative estimate of drug-likeness (QED) is 0.619. The molecule has 6 heteroatoms. The number of aliphatic imine (C=N–C) groups is 1. The summed E-state index contributed by atoms with van der Waals surface area (Å²) in [5.74, 6) is 0.841. The van der Waals surface area contributed by atoms with E-state index in [1.165, 1.54) is 0 Å². The molecule has 6 nitrogen and oxygen atoms in total. The SMILES string of the molecule is CC(NC1=NCCN1)C(=O)N1CCOCC1. The minimum absolute atomic E-state index is 0.111. The fraction of sp³-hybridized carbons (Fsp3) is 0.800. The van der Waals surface area contributed by atoms with E-state index in [2.05, 4.69) is 15.6 Å². The smallest absolute Gasteiger partial charge is 0.245 e. The molecule has 2 heterocycles. The minimum atomic E-state index is -0.234. The molecule has 0 bridgehead atoms. The lowest BCUT2D eigenvalue weighted by atomic mass is 10.2. The summed E-state index contributed by atoms with van der Waals surface area (Å²) in [5.41, 5.74) is 0. The third-order valence-corrected chi connectivity index (χ3v) is 2.72. The molecular formula is C10H18N4O2. The van der Waals surface area contributed by atoms with Crippen molar-refractivity contribution in [3.8, 4) is 0 Å². The Labute approximate surface area is 95.0 Å². The van der Waals surface area contributed by atoms with Gasteiger partial charge in [-0.25, -0.2) is 0 Å². The summed E-state index contributed by atoms with van der Waals surface area (Å²) >= 11 is 0. The lowest BCUT2D eigenvalue weighted by molar-refractivity contribution is -0.136. The Hall–Kier alpha value is -1.30. The van der Waals surface area contributed by atoms with Crippen LogP contribution in [0.2, 0.25) is 0 Å². The van der Waals surface area contributed by atoms with Crippen molar-refractivity contribution in [2.75, 3.05) is 39.4 Å². The lowest BCUT2D eigenvalue weighted by Gasteiger charge is -2.29. The van der Waals surface area contributed by atoms with Gasteiger partial charge in [-0.2, -0.15) is 0 Å². The molecule has 90 valence electrons. The fourth-order valence-electron chi connectivity index (χ4n) is 1.82. The van der Waals surface area contributed by atoms with E-state index in [0.29, 0.717) is 26.3 Å². The molecule has 2 N–H and O–H groups in total. The van der Waals surface area contributed by atoms with E-state index < -0.39 is 0 Å². The van der Waals surface area contributed by atoms with Crippen molar-refractivity contribution in [1.82, 2.24) is 15.5 Å². The molecule has 2 aliphatic rings. The Morgan fingerprint density at radius 2 is 2.31 bits per heavy atom. The molecule has 1 fully saturated rings. The molecule has 0 saturated carbocycles. The second-order valence-electron chi connectivity index (χ2n) is 3.96. The van der Waals surface area contributed by atoms with Gasteiger partial charge < -0.3 is 20.3 Å². The lowest BCUT2D eigenvalue weighted by Crippen LogP contribution is -2.52. The third-order valence-electron chi connectivity index (χ3n) is 2.72. The van der Waals surface area contributed by atoms with E-state index in [1.54, 1.807) is 0 Å². The largest absolute Gasteiger partial charge is 0.378 e. The number of rotatable bonds is 2. The van der Waals surface area contributed by atoms with Crippen LogP contribution in [0.4, 0.5) is 0 Å². The Balaban J connectivity index is 1.83. The molecule has 2 aliphatic heterocycles. The van der Waals surface area contributed by atoms with Gasteiger partial charge in [0.2, 0.25) is 5.91 Å². The minimum Gasteiger partial charge on any atom is -0.378 e. The van der Waals surface area contributed by atoms with Crippen LogP contribution in [0.5, 0.6) is 0 Å². The van der Waals surface area contributed by atoms with Gasteiger partial charge in [0.25, 0.3) is 0 Å². The molecule has 16 heavy (non-hydrogen) atoms. The zero-order chi connectivity index (χ0) is 11.4. The molecule has 1 unspecified atom stereocenters. The first kappa shape index (κ1) is 11.2. The Kier molecular flexibility index (Phi) is 3.61. The van der Waals surface area contributed by atoms with Crippen molar-refractivity contribution in [2.24, 2.45) is 4.99 Å². The monoisotopic (exact) mass is 226 g/mol. The van der Waals surface area contributed by atoms with Crippen LogP contribution in [0.3, 0.4) is 0 Å². The van der Waals surface area contributed by atoms with Crippen LogP contribution in [-0.4, -0.2) is 62.2 Å². The van der Waals surface area contributed by atoms with Crippen molar-refractivity contribution in [1.29, 1.82) is 0 Å². The van der Waals surface area contributed by atoms with Crippen molar-refractivity contribution >= 4 is 11.9 Å². The fourth-order valence-corrected chi connectivity index (χ4v) is 1.82. The van der Waals surface area contributed by atoms with Crippen LogP contribution in [0.15, 0.2) is 4.99 Å². The number of nitrogens with one attached hydrogen (secondary N) is 2. The summed E-state index contributed by atoms with van der Waals surface area (Å²) < 4.78 is 5.21. The molecule has 0 aliphatic carbocycles. The Morgan fingerprint density at radius 1 is 1.56 bits per heavy atom. The van der Waals surface area contributed by atoms with Crippen molar-refractivity contribution in [3.63, 3.8) is 0 Å². The molecule has 0 spiro atoms. The maximum Gasteiger partial charge on any atom is 0.245 e. The number of nitrogens with zero attached hydrogens (tertiary/aromatic N) is 2. The van der Waals surface area contributed by atoms with Gasteiger partial charge in [-0.3, -0.25) is 9.79 Å². The first-order chi connectivity index (χ1) is 7.77. The first-order valence-corrected chi connectivity index (χ1v) is 5.69. The van der Waals surface area contributed by atoms with Gasteiger partial charge in [0.15, 0.2) is 5.96 Å². The zero-order valence-electron chi connectivity index (χ0n) is 9.53. The Bertz CT molecular complexity index is 287. The van der Waals surface area contributed by atoms with Gasteiger partial charge in [-0.05, 0) is 6.92 Å². The van der Waals surface area contributed by atoms with Gasteiger partial charge in [0.1, 0.15) is 6.04 Å². The molecule has 0 aromatic rings. The number of amides is 1. The molecule has 1 saturated heterocycles. The first-order valence-electron chi connectivity index (χ1n) is 5.69. The predicted octanol–water partition coefficient (Wildman–Crippen LogP) is -1.22. The summed E-state index contributed by atoms with van der Waals surface area (Å²) in [7, 11) is 0. The third kappa shape index (κ3) is 2.63. The number of ether oxygens (including phenoxy) is 1. The maximum absolute atomic E-state index is 12.0. The van der Waals surface area contributed by atoms with E-state index in [1.807, 2.05) is 11.8 Å². The number of carbonyl (C=O) groups excluding carboxylic acids is 1. The second-order valence-corrected chi connectivity index (χ2v) is 3.96. The van der Waals surface area contributed by atoms with Crippen LogP contribution < -0.4 is 10.6 Å². The van der Waals surface area contributed by atoms with E-state index in [-0.39, 0.29) is 11.9 Å². The van der Waals surface area contributed by atoms with Crippen molar-refractivity contribution in [3.05, 3.63) is 0 Å². The molecular weight excluding hydrogens is 208 g/mol. The highest BCUT2D eigenvalue weighted by Crippen LogP contribution is 2.00. The Morgan fingerprint density at radius 3 is 2.94 bits per heavy atom. The average Bonchev–Trinajstić information content (AvgIpc) is 2.82. The number of hydrogen-bond acceptors (Lipinski definition) is 5. The maximum atomic E-state index is 12.0. The van der Waals surface area contributed by atoms with Gasteiger partial charge in [-0.15, -0.1) is 0 Å². The van der Waals surface area contributed by atoms with Gasteiger partial charge in [0, 0.05) is 19.6 Å². The van der Waals surface area contributed by atoms with Crippen LogP contribution in [0, 0.1) is 0 Å². The van der Waals surface area contributed by atoms with Crippen molar-refractivity contribution < 1.29 is 9.53 Å². The summed E-state index contributed by atoms with van der Waals surface area (Å²) in [5, 5.41) is 6.17. The van der Waals surface area contributed by atoms with E-state index in [9.17, 15) is 4.79 Å². The molecule has 1 amide bonds. The molecule has 0 aromatic heterocycles. The molecule has 2 rings (SSSR count). The van der Waals surface area contributed by atoms with Gasteiger partial charge >= 0.3 is 0 Å². The molecule has 1 atom stereocenters. The summed E-state index contributed by atoms with van der Waals surface area (Å²) in [4.78, 5) is 18.0. The topological polar surface area (TPSA) is 66.0 Å². The van der Waals surface area contributed by atoms with E-state index in [4.69, 9.17) is 4.74 Å². The van der Waals surface area contributed by atoms with Gasteiger partial charge in [-0.1, -0.05) is 0 Å². The number of morpholine rings is 1. The standard InChI is InChI=1S/C10H18N4O2/c1-8(13-10-11-2-3-12-10)9(15)14-4-6-16-7-5-14/h8H,2-7H2,1H3,(H2,11,12,13). The number of hydrogen-bond donors (Lipinski definition) is 2. The molecule has 0 aromatic carbocycles. The van der Waals surface area contributed by atoms with Crippen LogP contribution in [0.25, 0.3) is 0 Å². The predicted molar refractivity (Wildman–Crippen MR) is 60.3 cm³/mol.